The highest BCUT2D eigenvalue weighted by Gasteiger charge is 2.10. The summed E-state index contributed by atoms with van der Waals surface area (Å²) in [5, 5.41) is 0. The number of carbonyl (C=O) groups excluding carboxylic acids is 1. The topological polar surface area (TPSA) is 39.2 Å². The zero-order chi connectivity index (χ0) is 11.3. The Bertz CT molecular complexity index is 326. The molecule has 17 heavy (non-hydrogen) atoms. The molecule has 1 rings (SSSR count). The third kappa shape index (κ3) is 7.96. The number of nitrogens with zero attached hydrogens (tertiary/aromatic N) is 2. The van der Waals surface area contributed by atoms with Gasteiger partial charge in [-0.15, -0.1) is 12.4 Å². The van der Waals surface area contributed by atoms with Crippen LogP contribution in [0.2, 0.25) is 0 Å². The van der Waals surface area contributed by atoms with Crippen LogP contribution >= 0.6 is 12.4 Å². The number of aromatic nitrogens is 1. The van der Waals surface area contributed by atoms with Gasteiger partial charge in [0.25, 0.3) is 0 Å². The Morgan fingerprint density at radius 2 is 2.06 bits per heavy atom. The van der Waals surface area contributed by atoms with E-state index >= 15 is 0 Å². The molecule has 1 heterocycles. The first-order valence-electron chi connectivity index (χ1n) is 4.87. The normalized spacial score (nSPS) is 9.82. The highest BCUT2D eigenvalue weighted by molar-refractivity contribution is 5.88. The third-order valence-corrected chi connectivity index (χ3v) is 1.89. The first-order valence-corrected chi connectivity index (χ1v) is 4.87. The SMILES string of the molecule is C[N+](C)(C)CCOC(=O)c1cccnc1.Cl.[Cl-]. The zero-order valence-electron chi connectivity index (χ0n) is 10.2. The summed E-state index contributed by atoms with van der Waals surface area (Å²) < 4.78 is 5.89. The molecule has 0 aliphatic carbocycles. The number of quaternary nitrogens is 1. The summed E-state index contributed by atoms with van der Waals surface area (Å²) in [4.78, 5) is 15.3. The molecular formula is C11H18Cl2N2O2. The van der Waals surface area contributed by atoms with Crippen molar-refractivity contribution in [2.45, 2.75) is 0 Å². The van der Waals surface area contributed by atoms with Gasteiger partial charge in [-0.1, -0.05) is 0 Å². The first-order chi connectivity index (χ1) is 6.99. The Morgan fingerprint density at radius 1 is 1.41 bits per heavy atom. The number of hydrogen-bond acceptors (Lipinski definition) is 3. The molecule has 0 amide bonds. The fourth-order valence-corrected chi connectivity index (χ4v) is 0.979. The van der Waals surface area contributed by atoms with E-state index < -0.39 is 0 Å². The van der Waals surface area contributed by atoms with Gasteiger partial charge < -0.3 is 21.6 Å². The molecule has 0 saturated heterocycles. The summed E-state index contributed by atoms with van der Waals surface area (Å²) in [6.07, 6.45) is 3.14. The lowest BCUT2D eigenvalue weighted by Gasteiger charge is -2.23. The van der Waals surface area contributed by atoms with Crippen molar-refractivity contribution in [3.63, 3.8) is 0 Å². The van der Waals surface area contributed by atoms with Crippen LogP contribution in [0.4, 0.5) is 0 Å². The van der Waals surface area contributed by atoms with E-state index in [0.717, 1.165) is 11.0 Å². The van der Waals surface area contributed by atoms with Crippen LogP contribution in [0.5, 0.6) is 0 Å². The van der Waals surface area contributed by atoms with Crippen molar-refractivity contribution in [2.24, 2.45) is 0 Å². The van der Waals surface area contributed by atoms with Gasteiger partial charge in [-0.3, -0.25) is 4.98 Å². The van der Waals surface area contributed by atoms with E-state index in [1.807, 2.05) is 0 Å². The smallest absolute Gasteiger partial charge is 0.339 e. The van der Waals surface area contributed by atoms with Gasteiger partial charge in [0.05, 0.1) is 26.7 Å². The van der Waals surface area contributed by atoms with Crippen LogP contribution in [0, 0.1) is 0 Å². The predicted octanol–water partition coefficient (Wildman–Crippen LogP) is -1.63. The minimum Gasteiger partial charge on any atom is -1.00 e. The van der Waals surface area contributed by atoms with Crippen molar-refractivity contribution >= 4 is 18.4 Å². The molecule has 0 aliphatic rings. The quantitative estimate of drug-likeness (QED) is 0.491. The van der Waals surface area contributed by atoms with Crippen LogP contribution in [0.25, 0.3) is 0 Å². The molecule has 6 heteroatoms. The Morgan fingerprint density at radius 3 is 2.53 bits per heavy atom. The molecular weight excluding hydrogens is 263 g/mol. The van der Waals surface area contributed by atoms with Crippen LogP contribution in [0.1, 0.15) is 10.4 Å². The van der Waals surface area contributed by atoms with E-state index in [-0.39, 0.29) is 30.8 Å². The number of rotatable bonds is 4. The number of likely N-dealkylation sites (N-methyl/N-ethyl adjacent to an activating group) is 1. The van der Waals surface area contributed by atoms with Gasteiger partial charge in [-0.25, -0.2) is 4.79 Å². The molecule has 4 nitrogen and oxygen atoms in total. The molecule has 1 aromatic heterocycles. The Balaban J connectivity index is 0. The first kappa shape index (κ1) is 18.5. The molecule has 0 atom stereocenters. The summed E-state index contributed by atoms with van der Waals surface area (Å²) in [5.41, 5.74) is 0.499. The van der Waals surface area contributed by atoms with Crippen molar-refractivity contribution in [3.8, 4) is 0 Å². The standard InChI is InChI=1S/C11H17N2O2.2ClH/c1-13(2,3)7-8-15-11(14)10-5-4-6-12-9-10;;/h4-6,9H,7-8H2,1-3H3;2*1H/q+1;;/p-1. The van der Waals surface area contributed by atoms with E-state index in [0.29, 0.717) is 12.2 Å². The van der Waals surface area contributed by atoms with E-state index in [9.17, 15) is 4.79 Å². The Labute approximate surface area is 114 Å². The number of ether oxygens (including phenoxy) is 1. The highest BCUT2D eigenvalue weighted by Crippen LogP contribution is 1.99. The molecule has 1 aromatic rings. The predicted molar refractivity (Wildman–Crippen MR) is 64.7 cm³/mol. The molecule has 0 bridgehead atoms. The molecule has 0 aromatic carbocycles. The average molecular weight is 281 g/mol. The van der Waals surface area contributed by atoms with E-state index in [4.69, 9.17) is 4.74 Å². The fourth-order valence-electron chi connectivity index (χ4n) is 0.979. The van der Waals surface area contributed by atoms with Crippen LogP contribution in [0.3, 0.4) is 0 Å². The van der Waals surface area contributed by atoms with Crippen LogP contribution < -0.4 is 12.4 Å². The largest absolute Gasteiger partial charge is 1.00 e. The molecule has 0 aliphatic heterocycles. The minimum absolute atomic E-state index is 0. The van der Waals surface area contributed by atoms with E-state index in [1.54, 1.807) is 18.3 Å². The van der Waals surface area contributed by atoms with E-state index in [2.05, 4.69) is 26.1 Å². The summed E-state index contributed by atoms with van der Waals surface area (Å²) >= 11 is 0. The summed E-state index contributed by atoms with van der Waals surface area (Å²) in [6, 6.07) is 3.41. The van der Waals surface area contributed by atoms with Crippen LogP contribution in [-0.4, -0.2) is 49.7 Å². The monoisotopic (exact) mass is 280 g/mol. The molecule has 0 N–H and O–H groups in total. The Kier molecular flexibility index (Phi) is 9.02. The van der Waals surface area contributed by atoms with Gasteiger partial charge in [-0.05, 0) is 12.1 Å². The Hall–Kier alpha value is -0.840. The second-order valence-corrected chi connectivity index (χ2v) is 4.39. The number of pyridine rings is 1. The number of hydrogen-bond donors (Lipinski definition) is 0. The van der Waals surface area contributed by atoms with E-state index in [1.165, 1.54) is 6.20 Å². The molecule has 0 unspecified atom stereocenters. The van der Waals surface area contributed by atoms with Gasteiger partial charge in [0.1, 0.15) is 13.2 Å². The van der Waals surface area contributed by atoms with Crippen molar-refractivity contribution in [1.82, 2.24) is 4.98 Å². The summed E-state index contributed by atoms with van der Waals surface area (Å²) in [5.74, 6) is -0.309. The molecule has 0 fully saturated rings. The van der Waals surface area contributed by atoms with Crippen molar-refractivity contribution in [3.05, 3.63) is 30.1 Å². The number of carbonyl (C=O) groups is 1. The highest BCUT2D eigenvalue weighted by atomic mass is 35.5. The van der Waals surface area contributed by atoms with Crippen LogP contribution in [0.15, 0.2) is 24.5 Å². The summed E-state index contributed by atoms with van der Waals surface area (Å²) in [6.45, 7) is 1.23. The maximum Gasteiger partial charge on any atom is 0.339 e. The number of esters is 1. The lowest BCUT2D eigenvalue weighted by atomic mass is 10.3. The van der Waals surface area contributed by atoms with Gasteiger partial charge in [-0.2, -0.15) is 0 Å². The van der Waals surface area contributed by atoms with Gasteiger partial charge in [0.15, 0.2) is 0 Å². The summed E-state index contributed by atoms with van der Waals surface area (Å²) in [7, 11) is 6.16. The molecule has 0 radical (unpaired) electrons. The van der Waals surface area contributed by atoms with Crippen molar-refractivity contribution in [1.29, 1.82) is 0 Å². The van der Waals surface area contributed by atoms with Crippen molar-refractivity contribution in [2.75, 3.05) is 34.3 Å². The molecule has 0 saturated carbocycles. The fraction of sp³-hybridized carbons (Fsp3) is 0.455. The maximum atomic E-state index is 11.5. The maximum absolute atomic E-state index is 11.5. The lowest BCUT2D eigenvalue weighted by Crippen LogP contribution is -3.00. The van der Waals surface area contributed by atoms with Gasteiger partial charge in [0.2, 0.25) is 0 Å². The number of halogens is 2. The van der Waals surface area contributed by atoms with Gasteiger partial charge >= 0.3 is 5.97 Å². The minimum atomic E-state index is -0.309. The second kappa shape index (κ2) is 8.28. The molecule has 0 spiro atoms. The second-order valence-electron chi connectivity index (χ2n) is 4.39. The van der Waals surface area contributed by atoms with Crippen molar-refractivity contribution < 1.29 is 26.4 Å². The zero-order valence-corrected chi connectivity index (χ0v) is 11.8. The lowest BCUT2D eigenvalue weighted by molar-refractivity contribution is -0.870. The van der Waals surface area contributed by atoms with Crippen LogP contribution in [-0.2, 0) is 4.74 Å². The average Bonchev–Trinajstić information content (AvgIpc) is 2.17. The third-order valence-electron chi connectivity index (χ3n) is 1.89. The molecule has 98 valence electrons. The van der Waals surface area contributed by atoms with Gasteiger partial charge in [0, 0.05) is 12.4 Å².